The summed E-state index contributed by atoms with van der Waals surface area (Å²) in [6.45, 7) is 4.62. The molecule has 0 aliphatic heterocycles. The molecule has 1 saturated carbocycles. The van der Waals surface area contributed by atoms with Crippen molar-refractivity contribution in [3.63, 3.8) is 0 Å². The number of halogens is 1. The van der Waals surface area contributed by atoms with Crippen molar-refractivity contribution in [1.29, 1.82) is 0 Å². The molecule has 4 N–H and O–H groups in total. The first-order valence-electron chi connectivity index (χ1n) is 9.04. The fraction of sp³-hybridized carbons (Fsp3) is 0.444. The Labute approximate surface area is 162 Å². The first-order valence-corrected chi connectivity index (χ1v) is 9.42. The lowest BCUT2D eigenvalue weighted by molar-refractivity contribution is -0.122. The number of hydrogen-bond donors (Lipinski definition) is 3. The minimum atomic E-state index is -0.295. The van der Waals surface area contributed by atoms with Crippen LogP contribution < -0.4 is 16.4 Å². The lowest BCUT2D eigenvalue weighted by atomic mass is 9.88. The van der Waals surface area contributed by atoms with Gasteiger partial charge in [-0.1, -0.05) is 23.8 Å². The van der Waals surface area contributed by atoms with Gasteiger partial charge in [-0.15, -0.1) is 0 Å². The van der Waals surface area contributed by atoms with Crippen LogP contribution in [0.25, 0.3) is 0 Å². The maximum atomic E-state index is 11.9. The average Bonchev–Trinajstić information content (AvgIpc) is 3.34. The highest BCUT2D eigenvalue weighted by Crippen LogP contribution is 2.45. The van der Waals surface area contributed by atoms with E-state index < -0.39 is 0 Å². The normalized spacial score (nSPS) is 25.7. The molecule has 0 aromatic carbocycles. The molecular weight excluding hydrogens is 366 g/mol. The summed E-state index contributed by atoms with van der Waals surface area (Å²) in [6, 6.07) is -0.111. The van der Waals surface area contributed by atoms with Crippen molar-refractivity contribution in [2.45, 2.75) is 32.9 Å². The van der Waals surface area contributed by atoms with Crippen molar-refractivity contribution in [1.82, 2.24) is 19.7 Å². The molecule has 9 heteroatoms. The summed E-state index contributed by atoms with van der Waals surface area (Å²) < 4.78 is 1.81. The van der Waals surface area contributed by atoms with Crippen LogP contribution in [0.1, 0.15) is 19.0 Å². The molecule has 0 spiro atoms. The summed E-state index contributed by atoms with van der Waals surface area (Å²) in [4.78, 5) is 20.9. The number of carbonyl (C=O) groups excluding carboxylic acids is 1. The summed E-state index contributed by atoms with van der Waals surface area (Å²) >= 11 is 6.44. The second-order valence-electron chi connectivity index (χ2n) is 7.05. The minimum Gasteiger partial charge on any atom is -0.369 e. The van der Waals surface area contributed by atoms with Gasteiger partial charge >= 0.3 is 0 Å². The SMILES string of the molecule is CCn1cc(Nc2nc(C)c(Cl)c(N[C@@H]3[C@H](C(N)=O)[C@H]4C=C[C@@H]3C4)n2)cn1. The van der Waals surface area contributed by atoms with Crippen molar-refractivity contribution in [3.05, 3.63) is 35.3 Å². The van der Waals surface area contributed by atoms with Crippen molar-refractivity contribution >= 4 is 35.0 Å². The van der Waals surface area contributed by atoms with Gasteiger partial charge in [0.2, 0.25) is 11.9 Å². The smallest absolute Gasteiger partial charge is 0.229 e. The van der Waals surface area contributed by atoms with Gasteiger partial charge in [0.05, 0.1) is 23.5 Å². The van der Waals surface area contributed by atoms with Crippen LogP contribution in [0.3, 0.4) is 0 Å². The molecule has 4 atom stereocenters. The van der Waals surface area contributed by atoms with Gasteiger partial charge in [-0.3, -0.25) is 9.48 Å². The number of primary amides is 1. The highest BCUT2D eigenvalue weighted by Gasteiger charge is 2.47. The van der Waals surface area contributed by atoms with E-state index in [9.17, 15) is 4.79 Å². The molecular formula is C18H22ClN7O. The van der Waals surface area contributed by atoms with Gasteiger partial charge in [0, 0.05) is 18.8 Å². The zero-order valence-corrected chi connectivity index (χ0v) is 15.9. The molecule has 4 rings (SSSR count). The Kier molecular flexibility index (Phi) is 4.51. The summed E-state index contributed by atoms with van der Waals surface area (Å²) in [5.41, 5.74) is 7.08. The van der Waals surface area contributed by atoms with Crippen LogP contribution >= 0.6 is 11.6 Å². The predicted molar refractivity (Wildman–Crippen MR) is 104 cm³/mol. The lowest BCUT2D eigenvalue weighted by Crippen LogP contribution is -2.41. The topological polar surface area (TPSA) is 111 Å². The van der Waals surface area contributed by atoms with Crippen LogP contribution in [0.5, 0.6) is 0 Å². The zero-order chi connectivity index (χ0) is 19.1. The summed E-state index contributed by atoms with van der Waals surface area (Å²) in [5.74, 6) is 0.806. The number of rotatable bonds is 6. The number of nitrogens with one attached hydrogen (secondary N) is 2. The van der Waals surface area contributed by atoms with Crippen LogP contribution in [0.2, 0.25) is 5.02 Å². The van der Waals surface area contributed by atoms with Gasteiger partial charge in [0.1, 0.15) is 5.02 Å². The lowest BCUT2D eigenvalue weighted by Gasteiger charge is -2.27. The number of hydrogen-bond acceptors (Lipinski definition) is 6. The van der Waals surface area contributed by atoms with E-state index in [1.165, 1.54) is 0 Å². The van der Waals surface area contributed by atoms with Crippen molar-refractivity contribution in [2.75, 3.05) is 10.6 Å². The molecule has 27 heavy (non-hydrogen) atoms. The molecule has 2 aliphatic carbocycles. The highest BCUT2D eigenvalue weighted by molar-refractivity contribution is 6.33. The minimum absolute atomic E-state index is 0.111. The number of amides is 1. The van der Waals surface area contributed by atoms with Gasteiger partial charge in [-0.2, -0.15) is 10.1 Å². The van der Waals surface area contributed by atoms with Gasteiger partial charge in [-0.05, 0) is 32.1 Å². The maximum Gasteiger partial charge on any atom is 0.229 e. The average molecular weight is 388 g/mol. The number of allylic oxidation sites excluding steroid dienone is 1. The van der Waals surface area contributed by atoms with Crippen LogP contribution in [0.15, 0.2) is 24.5 Å². The Hall–Kier alpha value is -2.61. The van der Waals surface area contributed by atoms with E-state index in [4.69, 9.17) is 17.3 Å². The molecule has 8 nitrogen and oxygen atoms in total. The summed E-state index contributed by atoms with van der Waals surface area (Å²) in [5, 5.41) is 11.2. The van der Waals surface area contributed by atoms with Gasteiger partial charge in [-0.25, -0.2) is 4.98 Å². The molecule has 0 radical (unpaired) electrons. The standard InChI is InChI=1S/C18H22ClN7O/c1-3-26-8-12(7-21-26)23-18-22-9(2)14(19)17(25-18)24-15-11-5-4-10(6-11)13(15)16(20)27/h4-5,7-8,10-11,13,15H,3,6H2,1-2H3,(H2,20,27)(H2,22,23,24,25)/t10-,11+,13+,15-/m0/s1. The van der Waals surface area contributed by atoms with Crippen LogP contribution in [0, 0.1) is 24.7 Å². The second kappa shape index (κ2) is 6.84. The number of aromatic nitrogens is 4. The molecule has 1 amide bonds. The van der Waals surface area contributed by atoms with Gasteiger partial charge < -0.3 is 16.4 Å². The Morgan fingerprint density at radius 1 is 1.37 bits per heavy atom. The number of aryl methyl sites for hydroxylation is 2. The third-order valence-electron chi connectivity index (χ3n) is 5.32. The quantitative estimate of drug-likeness (QED) is 0.656. The third kappa shape index (κ3) is 3.25. The Bertz CT molecular complexity index is 909. The van der Waals surface area contributed by atoms with E-state index >= 15 is 0 Å². The van der Waals surface area contributed by atoms with Crippen molar-refractivity contribution in [3.8, 4) is 0 Å². The summed E-state index contributed by atoms with van der Waals surface area (Å²) in [7, 11) is 0. The third-order valence-corrected chi connectivity index (χ3v) is 5.77. The molecule has 2 aromatic rings. The Morgan fingerprint density at radius 2 is 2.15 bits per heavy atom. The first kappa shape index (κ1) is 17.8. The van der Waals surface area contributed by atoms with E-state index in [0.29, 0.717) is 22.5 Å². The molecule has 2 aliphatic rings. The van der Waals surface area contributed by atoms with E-state index in [-0.39, 0.29) is 29.7 Å². The van der Waals surface area contributed by atoms with E-state index in [2.05, 4.69) is 37.9 Å². The number of fused-ring (bicyclic) bond motifs is 2. The van der Waals surface area contributed by atoms with Crippen LogP contribution in [0.4, 0.5) is 17.5 Å². The highest BCUT2D eigenvalue weighted by atomic mass is 35.5. The van der Waals surface area contributed by atoms with Crippen LogP contribution in [-0.2, 0) is 11.3 Å². The number of nitrogens with two attached hydrogens (primary N) is 1. The number of carbonyl (C=O) groups is 1. The molecule has 2 heterocycles. The van der Waals surface area contributed by atoms with E-state index in [0.717, 1.165) is 18.7 Å². The molecule has 1 fully saturated rings. The number of anilines is 3. The van der Waals surface area contributed by atoms with Crippen LogP contribution in [-0.4, -0.2) is 31.7 Å². The fourth-order valence-corrected chi connectivity index (χ4v) is 4.14. The van der Waals surface area contributed by atoms with E-state index in [1.54, 1.807) is 6.20 Å². The van der Waals surface area contributed by atoms with Gasteiger partial charge in [0.25, 0.3) is 0 Å². The molecule has 0 saturated heterocycles. The monoisotopic (exact) mass is 387 g/mol. The maximum absolute atomic E-state index is 11.9. The van der Waals surface area contributed by atoms with Gasteiger partial charge in [0.15, 0.2) is 5.82 Å². The largest absolute Gasteiger partial charge is 0.369 e. The Balaban J connectivity index is 1.60. The van der Waals surface area contributed by atoms with E-state index in [1.807, 2.05) is 24.7 Å². The molecule has 0 unspecified atom stereocenters. The zero-order valence-electron chi connectivity index (χ0n) is 15.2. The van der Waals surface area contributed by atoms with Crippen molar-refractivity contribution < 1.29 is 4.79 Å². The van der Waals surface area contributed by atoms with Crippen molar-refractivity contribution in [2.24, 2.45) is 23.5 Å². The molecule has 142 valence electrons. The number of nitrogens with zero attached hydrogens (tertiary/aromatic N) is 4. The molecule has 2 bridgehead atoms. The second-order valence-corrected chi connectivity index (χ2v) is 7.43. The predicted octanol–water partition coefficient (Wildman–Crippen LogP) is 2.49. The molecule has 2 aromatic heterocycles. The Morgan fingerprint density at radius 3 is 2.85 bits per heavy atom. The fourth-order valence-electron chi connectivity index (χ4n) is 4.01. The summed E-state index contributed by atoms with van der Waals surface area (Å²) in [6.07, 6.45) is 8.75. The first-order chi connectivity index (χ1) is 13.0.